The molecule has 0 atom stereocenters. The SMILES string of the molecule is Cc1cc2c(cc1F)nc(CCCl)n2CCCCC(N)=O. The van der Waals surface area contributed by atoms with E-state index in [2.05, 4.69) is 9.55 Å². The lowest BCUT2D eigenvalue weighted by Crippen LogP contribution is -2.11. The Morgan fingerprint density at radius 1 is 1.43 bits per heavy atom. The van der Waals surface area contributed by atoms with Crippen molar-refractivity contribution in [3.05, 3.63) is 29.3 Å². The first kappa shape index (κ1) is 15.8. The van der Waals surface area contributed by atoms with E-state index in [4.69, 9.17) is 17.3 Å². The number of nitrogens with two attached hydrogens (primary N) is 1. The van der Waals surface area contributed by atoms with E-state index in [9.17, 15) is 9.18 Å². The summed E-state index contributed by atoms with van der Waals surface area (Å²) in [5.74, 6) is 0.776. The number of amides is 1. The third kappa shape index (κ3) is 3.73. The lowest BCUT2D eigenvalue weighted by molar-refractivity contribution is -0.118. The average Bonchev–Trinajstić information content (AvgIpc) is 2.73. The summed E-state index contributed by atoms with van der Waals surface area (Å²) in [5, 5.41) is 0. The van der Waals surface area contributed by atoms with Crippen LogP contribution in [0.5, 0.6) is 0 Å². The maximum atomic E-state index is 13.6. The number of imidazole rings is 1. The summed E-state index contributed by atoms with van der Waals surface area (Å²) in [5.41, 5.74) is 7.29. The normalized spacial score (nSPS) is 11.2. The van der Waals surface area contributed by atoms with Crippen molar-refractivity contribution < 1.29 is 9.18 Å². The van der Waals surface area contributed by atoms with Gasteiger partial charge in [0.15, 0.2) is 0 Å². The van der Waals surface area contributed by atoms with Gasteiger partial charge in [0.1, 0.15) is 11.6 Å². The third-order valence-corrected chi connectivity index (χ3v) is 3.67. The van der Waals surface area contributed by atoms with Crippen LogP contribution < -0.4 is 5.73 Å². The number of alkyl halides is 1. The number of fused-ring (bicyclic) bond motifs is 1. The molecule has 0 aliphatic heterocycles. The van der Waals surface area contributed by atoms with Crippen molar-refractivity contribution in [3.8, 4) is 0 Å². The summed E-state index contributed by atoms with van der Waals surface area (Å²) >= 11 is 5.81. The standard InChI is InChI=1S/C15H19ClFN3O/c1-10-8-13-12(9-11(10)17)19-15(5-6-16)20(13)7-3-2-4-14(18)21/h8-9H,2-7H2,1H3,(H2,18,21). The van der Waals surface area contributed by atoms with E-state index < -0.39 is 0 Å². The van der Waals surface area contributed by atoms with Gasteiger partial charge in [-0.2, -0.15) is 0 Å². The molecule has 4 nitrogen and oxygen atoms in total. The second kappa shape index (κ2) is 6.89. The number of primary amides is 1. The first-order chi connectivity index (χ1) is 10.0. The quantitative estimate of drug-likeness (QED) is 0.631. The monoisotopic (exact) mass is 311 g/mol. The van der Waals surface area contributed by atoms with Gasteiger partial charge >= 0.3 is 0 Å². The number of aryl methyl sites for hydroxylation is 3. The zero-order valence-corrected chi connectivity index (χ0v) is 12.8. The summed E-state index contributed by atoms with van der Waals surface area (Å²) < 4.78 is 15.7. The number of halogens is 2. The zero-order valence-electron chi connectivity index (χ0n) is 12.0. The fourth-order valence-electron chi connectivity index (χ4n) is 2.39. The highest BCUT2D eigenvalue weighted by atomic mass is 35.5. The minimum Gasteiger partial charge on any atom is -0.370 e. The molecule has 0 aliphatic rings. The van der Waals surface area contributed by atoms with Crippen LogP contribution in [0.1, 0.15) is 30.7 Å². The number of carbonyl (C=O) groups excluding carboxylic acids is 1. The molecule has 21 heavy (non-hydrogen) atoms. The summed E-state index contributed by atoms with van der Waals surface area (Å²) in [7, 11) is 0. The van der Waals surface area contributed by atoms with Gasteiger partial charge < -0.3 is 10.3 Å². The molecule has 0 bridgehead atoms. The molecule has 0 saturated carbocycles. The maximum Gasteiger partial charge on any atom is 0.217 e. The van der Waals surface area contributed by atoms with Crippen molar-refractivity contribution in [2.75, 3.05) is 5.88 Å². The molecule has 0 aliphatic carbocycles. The molecule has 6 heteroatoms. The summed E-state index contributed by atoms with van der Waals surface area (Å²) in [6.45, 7) is 2.46. The van der Waals surface area contributed by atoms with E-state index in [1.807, 2.05) is 6.07 Å². The van der Waals surface area contributed by atoms with Gasteiger partial charge in [0, 0.05) is 31.3 Å². The van der Waals surface area contributed by atoms with Crippen LogP contribution in [0.2, 0.25) is 0 Å². The Kier molecular flexibility index (Phi) is 5.17. The molecule has 2 aromatic rings. The molecule has 1 heterocycles. The fraction of sp³-hybridized carbons (Fsp3) is 0.467. The number of unbranched alkanes of at least 4 members (excludes halogenated alkanes) is 1. The molecule has 0 radical (unpaired) electrons. The molecule has 1 amide bonds. The third-order valence-electron chi connectivity index (χ3n) is 3.48. The zero-order chi connectivity index (χ0) is 15.4. The van der Waals surface area contributed by atoms with Gasteiger partial charge in [0.2, 0.25) is 5.91 Å². The van der Waals surface area contributed by atoms with E-state index in [0.29, 0.717) is 29.8 Å². The fourth-order valence-corrected chi connectivity index (χ4v) is 2.56. The molecule has 2 rings (SSSR count). The van der Waals surface area contributed by atoms with Crippen LogP contribution >= 0.6 is 11.6 Å². The first-order valence-corrected chi connectivity index (χ1v) is 7.56. The van der Waals surface area contributed by atoms with Gasteiger partial charge in [-0.1, -0.05) is 0 Å². The summed E-state index contributed by atoms with van der Waals surface area (Å²) in [6, 6.07) is 3.27. The number of benzene rings is 1. The van der Waals surface area contributed by atoms with Crippen molar-refractivity contribution in [1.82, 2.24) is 9.55 Å². The van der Waals surface area contributed by atoms with E-state index in [1.54, 1.807) is 6.92 Å². The predicted molar refractivity (Wildman–Crippen MR) is 81.9 cm³/mol. The van der Waals surface area contributed by atoms with Crippen molar-refractivity contribution in [2.24, 2.45) is 5.73 Å². The maximum absolute atomic E-state index is 13.6. The van der Waals surface area contributed by atoms with E-state index >= 15 is 0 Å². The van der Waals surface area contributed by atoms with E-state index in [1.165, 1.54) is 6.07 Å². The predicted octanol–water partition coefficient (Wildman–Crippen LogP) is 2.92. The molecule has 1 aromatic heterocycles. The van der Waals surface area contributed by atoms with Crippen molar-refractivity contribution in [3.63, 3.8) is 0 Å². The molecule has 0 fully saturated rings. The lowest BCUT2D eigenvalue weighted by atomic mass is 10.2. The van der Waals surface area contributed by atoms with E-state index in [0.717, 1.165) is 30.7 Å². The Morgan fingerprint density at radius 2 is 2.19 bits per heavy atom. The Hall–Kier alpha value is -1.62. The van der Waals surface area contributed by atoms with Gasteiger partial charge in [-0.3, -0.25) is 4.79 Å². The highest BCUT2D eigenvalue weighted by molar-refractivity contribution is 6.17. The highest BCUT2D eigenvalue weighted by Gasteiger charge is 2.12. The van der Waals surface area contributed by atoms with Crippen LogP contribution in [0.15, 0.2) is 12.1 Å². The van der Waals surface area contributed by atoms with Crippen LogP contribution in [0, 0.1) is 12.7 Å². The minimum atomic E-state index is -0.288. The number of nitrogens with zero attached hydrogens (tertiary/aromatic N) is 2. The number of carbonyl (C=O) groups is 1. The summed E-state index contributed by atoms with van der Waals surface area (Å²) in [6.07, 6.45) is 2.56. The second-order valence-electron chi connectivity index (χ2n) is 5.13. The van der Waals surface area contributed by atoms with Gasteiger partial charge in [-0.15, -0.1) is 11.6 Å². The van der Waals surface area contributed by atoms with Crippen molar-refractivity contribution >= 4 is 28.5 Å². The van der Waals surface area contributed by atoms with Gasteiger partial charge in [-0.05, 0) is 31.4 Å². The number of hydrogen-bond donors (Lipinski definition) is 1. The van der Waals surface area contributed by atoms with Crippen LogP contribution in [-0.2, 0) is 17.8 Å². The Morgan fingerprint density at radius 3 is 2.86 bits per heavy atom. The molecule has 0 unspecified atom stereocenters. The van der Waals surface area contributed by atoms with E-state index in [-0.39, 0.29) is 11.7 Å². The second-order valence-corrected chi connectivity index (χ2v) is 5.51. The average molecular weight is 312 g/mol. The Labute approximate surface area is 128 Å². The van der Waals surface area contributed by atoms with Crippen molar-refractivity contribution in [1.29, 1.82) is 0 Å². The van der Waals surface area contributed by atoms with Gasteiger partial charge in [0.25, 0.3) is 0 Å². The van der Waals surface area contributed by atoms with Crippen LogP contribution in [0.3, 0.4) is 0 Å². The molecule has 1 aromatic carbocycles. The Bertz CT molecular complexity index is 654. The highest BCUT2D eigenvalue weighted by Crippen LogP contribution is 2.21. The Balaban J connectivity index is 2.27. The van der Waals surface area contributed by atoms with Crippen LogP contribution in [0.4, 0.5) is 4.39 Å². The first-order valence-electron chi connectivity index (χ1n) is 7.02. The van der Waals surface area contributed by atoms with Gasteiger partial charge in [-0.25, -0.2) is 9.37 Å². The van der Waals surface area contributed by atoms with Crippen LogP contribution in [0.25, 0.3) is 11.0 Å². The summed E-state index contributed by atoms with van der Waals surface area (Å²) in [4.78, 5) is 15.2. The molecule has 2 N–H and O–H groups in total. The molecule has 114 valence electrons. The molecular formula is C15H19ClFN3O. The van der Waals surface area contributed by atoms with Crippen molar-refractivity contribution in [2.45, 2.75) is 39.2 Å². The minimum absolute atomic E-state index is 0.252. The van der Waals surface area contributed by atoms with Gasteiger partial charge in [0.05, 0.1) is 11.0 Å². The molecular weight excluding hydrogens is 293 g/mol. The smallest absolute Gasteiger partial charge is 0.217 e. The number of hydrogen-bond acceptors (Lipinski definition) is 2. The van der Waals surface area contributed by atoms with Crippen LogP contribution in [-0.4, -0.2) is 21.3 Å². The molecule has 0 spiro atoms. The largest absolute Gasteiger partial charge is 0.370 e. The lowest BCUT2D eigenvalue weighted by Gasteiger charge is -2.08. The topological polar surface area (TPSA) is 60.9 Å². The number of rotatable bonds is 7. The molecule has 0 saturated heterocycles. The number of aromatic nitrogens is 2.